The highest BCUT2D eigenvalue weighted by atomic mass is 16.6. The minimum Gasteiger partial charge on any atom is -0.502 e. The molecule has 0 radical (unpaired) electrons. The lowest BCUT2D eigenvalue weighted by atomic mass is 10.1. The van der Waals surface area contributed by atoms with Gasteiger partial charge >= 0.3 is 5.69 Å². The Labute approximate surface area is 74.4 Å². The van der Waals surface area contributed by atoms with Crippen molar-refractivity contribution in [1.82, 2.24) is 0 Å². The monoisotopic (exact) mass is 183 g/mol. The van der Waals surface area contributed by atoms with Crippen LogP contribution in [0.25, 0.3) is 0 Å². The third-order valence-electron chi connectivity index (χ3n) is 1.79. The number of rotatable bonds is 2. The number of aromatic hydroxyl groups is 1. The SMILES string of the molecule is Cc1ccc(CO)c([N+](=O)[O-])c1O. The number of hydrogen-bond acceptors (Lipinski definition) is 4. The number of phenols is 1. The van der Waals surface area contributed by atoms with Crippen molar-refractivity contribution >= 4 is 5.69 Å². The van der Waals surface area contributed by atoms with E-state index in [1.807, 2.05) is 0 Å². The molecule has 0 spiro atoms. The summed E-state index contributed by atoms with van der Waals surface area (Å²) in [5, 5.41) is 28.6. The quantitative estimate of drug-likeness (QED) is 0.531. The number of hydrogen-bond donors (Lipinski definition) is 2. The van der Waals surface area contributed by atoms with E-state index in [-0.39, 0.29) is 11.3 Å². The second kappa shape index (κ2) is 3.40. The molecule has 0 unspecified atom stereocenters. The summed E-state index contributed by atoms with van der Waals surface area (Å²) >= 11 is 0. The van der Waals surface area contributed by atoms with Crippen LogP contribution >= 0.6 is 0 Å². The molecule has 13 heavy (non-hydrogen) atoms. The van der Waals surface area contributed by atoms with Gasteiger partial charge in [-0.3, -0.25) is 10.1 Å². The lowest BCUT2D eigenvalue weighted by Gasteiger charge is -2.03. The first kappa shape index (κ1) is 9.47. The molecule has 0 bridgehead atoms. The maximum absolute atomic E-state index is 10.5. The van der Waals surface area contributed by atoms with Crippen LogP contribution < -0.4 is 0 Å². The van der Waals surface area contributed by atoms with Crippen molar-refractivity contribution < 1.29 is 15.1 Å². The number of nitro benzene ring substituents is 1. The van der Waals surface area contributed by atoms with Gasteiger partial charge in [0.2, 0.25) is 0 Å². The van der Waals surface area contributed by atoms with Gasteiger partial charge in [-0.2, -0.15) is 0 Å². The summed E-state index contributed by atoms with van der Waals surface area (Å²) in [4.78, 5) is 9.79. The van der Waals surface area contributed by atoms with Gasteiger partial charge in [-0.05, 0) is 18.6 Å². The Bertz CT molecular complexity index is 348. The van der Waals surface area contributed by atoms with Crippen LogP contribution in [0.3, 0.4) is 0 Å². The highest BCUT2D eigenvalue weighted by Crippen LogP contribution is 2.32. The molecule has 0 aliphatic heterocycles. The molecule has 0 atom stereocenters. The smallest absolute Gasteiger partial charge is 0.316 e. The molecular formula is C8H9NO4. The first-order valence-electron chi connectivity index (χ1n) is 3.64. The molecule has 0 aromatic heterocycles. The number of nitrogens with zero attached hydrogens (tertiary/aromatic N) is 1. The topological polar surface area (TPSA) is 83.6 Å². The van der Waals surface area contributed by atoms with Gasteiger partial charge in [-0.1, -0.05) is 6.07 Å². The summed E-state index contributed by atoms with van der Waals surface area (Å²) in [5.41, 5.74) is 0.125. The van der Waals surface area contributed by atoms with Gasteiger partial charge in [0, 0.05) is 0 Å². The lowest BCUT2D eigenvalue weighted by molar-refractivity contribution is -0.386. The first-order chi connectivity index (χ1) is 6.07. The molecule has 1 aromatic rings. The predicted octanol–water partition coefficient (Wildman–Crippen LogP) is 1.10. The Kier molecular flexibility index (Phi) is 2.48. The van der Waals surface area contributed by atoms with Gasteiger partial charge in [-0.15, -0.1) is 0 Å². The number of nitro groups is 1. The van der Waals surface area contributed by atoms with Crippen LogP contribution in [0.2, 0.25) is 0 Å². The number of benzene rings is 1. The number of aliphatic hydroxyl groups excluding tert-OH is 1. The van der Waals surface area contributed by atoms with E-state index in [2.05, 4.69) is 0 Å². The average molecular weight is 183 g/mol. The maximum Gasteiger partial charge on any atom is 0.316 e. The summed E-state index contributed by atoms with van der Waals surface area (Å²) in [6.07, 6.45) is 0. The Morgan fingerprint density at radius 3 is 2.62 bits per heavy atom. The zero-order valence-corrected chi connectivity index (χ0v) is 7.02. The highest BCUT2D eigenvalue weighted by molar-refractivity contribution is 5.55. The fraction of sp³-hybridized carbons (Fsp3) is 0.250. The molecular weight excluding hydrogens is 174 g/mol. The minimum absolute atomic E-state index is 0.119. The van der Waals surface area contributed by atoms with Gasteiger partial charge in [0.05, 0.1) is 17.1 Å². The highest BCUT2D eigenvalue weighted by Gasteiger charge is 2.20. The largest absolute Gasteiger partial charge is 0.502 e. The minimum atomic E-state index is -0.701. The van der Waals surface area contributed by atoms with Gasteiger partial charge in [-0.25, -0.2) is 0 Å². The molecule has 2 N–H and O–H groups in total. The van der Waals surface area contributed by atoms with Crippen LogP contribution in [-0.4, -0.2) is 15.1 Å². The third kappa shape index (κ3) is 1.59. The van der Waals surface area contributed by atoms with E-state index in [9.17, 15) is 15.2 Å². The van der Waals surface area contributed by atoms with Crippen LogP contribution in [0.5, 0.6) is 5.75 Å². The van der Waals surface area contributed by atoms with Crippen LogP contribution in [0.4, 0.5) is 5.69 Å². The van der Waals surface area contributed by atoms with E-state index in [1.165, 1.54) is 12.1 Å². The predicted molar refractivity (Wildman–Crippen MR) is 45.4 cm³/mol. The maximum atomic E-state index is 10.5. The van der Waals surface area contributed by atoms with Crippen LogP contribution in [0.15, 0.2) is 12.1 Å². The van der Waals surface area contributed by atoms with E-state index < -0.39 is 17.2 Å². The van der Waals surface area contributed by atoms with Crippen molar-refractivity contribution in [2.24, 2.45) is 0 Å². The molecule has 5 nitrogen and oxygen atoms in total. The van der Waals surface area contributed by atoms with Crippen molar-refractivity contribution in [3.63, 3.8) is 0 Å². The molecule has 1 rings (SSSR count). The number of aliphatic hydroxyl groups is 1. The van der Waals surface area contributed by atoms with E-state index in [0.29, 0.717) is 5.56 Å². The van der Waals surface area contributed by atoms with Gasteiger partial charge in [0.1, 0.15) is 0 Å². The molecule has 0 aliphatic carbocycles. The fourth-order valence-corrected chi connectivity index (χ4v) is 1.05. The van der Waals surface area contributed by atoms with Gasteiger partial charge < -0.3 is 10.2 Å². The molecule has 0 heterocycles. The molecule has 0 amide bonds. The van der Waals surface area contributed by atoms with E-state index >= 15 is 0 Å². The third-order valence-corrected chi connectivity index (χ3v) is 1.79. The molecule has 70 valence electrons. The molecule has 0 fully saturated rings. The zero-order chi connectivity index (χ0) is 10.0. The summed E-state index contributed by atoms with van der Waals surface area (Å²) in [5.74, 6) is -0.378. The van der Waals surface area contributed by atoms with Crippen LogP contribution in [0.1, 0.15) is 11.1 Å². The van der Waals surface area contributed by atoms with E-state index in [4.69, 9.17) is 5.11 Å². The molecule has 5 heteroatoms. The Balaban J connectivity index is 3.41. The van der Waals surface area contributed by atoms with Crippen molar-refractivity contribution in [3.8, 4) is 5.75 Å². The van der Waals surface area contributed by atoms with Gasteiger partial charge in [0.25, 0.3) is 0 Å². The Hall–Kier alpha value is -1.62. The van der Waals surface area contributed by atoms with Crippen molar-refractivity contribution in [1.29, 1.82) is 0 Å². The van der Waals surface area contributed by atoms with E-state index in [0.717, 1.165) is 0 Å². The summed E-state index contributed by atoms with van der Waals surface area (Å²) in [6, 6.07) is 2.95. The second-order valence-electron chi connectivity index (χ2n) is 2.65. The van der Waals surface area contributed by atoms with Crippen molar-refractivity contribution in [2.45, 2.75) is 13.5 Å². The Morgan fingerprint density at radius 1 is 1.54 bits per heavy atom. The van der Waals surface area contributed by atoms with Crippen molar-refractivity contribution in [2.75, 3.05) is 0 Å². The fourth-order valence-electron chi connectivity index (χ4n) is 1.05. The summed E-state index contributed by atoms with van der Waals surface area (Å²) < 4.78 is 0. The normalized spacial score (nSPS) is 10.0. The molecule has 0 saturated heterocycles. The average Bonchev–Trinajstić information content (AvgIpc) is 2.08. The molecule has 0 saturated carbocycles. The molecule has 0 aliphatic rings. The van der Waals surface area contributed by atoms with Crippen LogP contribution in [-0.2, 0) is 6.61 Å². The summed E-state index contributed by atoms with van der Waals surface area (Å²) in [6.45, 7) is 1.10. The standard InChI is InChI=1S/C8H9NO4/c1-5-2-3-6(4-10)7(8(5)11)9(12)13/h2-3,10-11H,4H2,1H3. The number of phenolic OH excluding ortho intramolecular Hbond substituents is 1. The zero-order valence-electron chi connectivity index (χ0n) is 7.02. The molecule has 1 aromatic carbocycles. The Morgan fingerprint density at radius 2 is 2.15 bits per heavy atom. The van der Waals surface area contributed by atoms with Crippen LogP contribution in [0, 0.1) is 17.0 Å². The van der Waals surface area contributed by atoms with Crippen molar-refractivity contribution in [3.05, 3.63) is 33.4 Å². The first-order valence-corrected chi connectivity index (χ1v) is 3.64. The number of aryl methyl sites for hydroxylation is 1. The second-order valence-corrected chi connectivity index (χ2v) is 2.65. The lowest BCUT2D eigenvalue weighted by Crippen LogP contribution is -1.96. The summed E-state index contributed by atoms with van der Waals surface area (Å²) in [7, 11) is 0. The van der Waals surface area contributed by atoms with E-state index in [1.54, 1.807) is 6.92 Å². The van der Waals surface area contributed by atoms with Gasteiger partial charge in [0.15, 0.2) is 5.75 Å².